The Hall–Kier alpha value is -4.23. The Kier molecular flexibility index (Phi) is 6.41. The van der Waals surface area contributed by atoms with Crippen LogP contribution in [0.15, 0.2) is 85.1 Å². The summed E-state index contributed by atoms with van der Waals surface area (Å²) >= 11 is 0. The molecule has 0 fully saturated rings. The van der Waals surface area contributed by atoms with Gasteiger partial charge in [0.05, 0.1) is 23.9 Å². The summed E-state index contributed by atoms with van der Waals surface area (Å²) in [5.41, 5.74) is 6.03. The fourth-order valence-corrected chi connectivity index (χ4v) is 4.25. The summed E-state index contributed by atoms with van der Waals surface area (Å²) in [5.74, 6) is 1.20. The second-order valence-corrected chi connectivity index (χ2v) is 8.63. The van der Waals surface area contributed by atoms with Crippen molar-refractivity contribution in [1.82, 2.24) is 19.7 Å². The Morgan fingerprint density at radius 1 is 0.886 bits per heavy atom. The average molecular weight is 465 g/mol. The Morgan fingerprint density at radius 2 is 1.57 bits per heavy atom. The van der Waals surface area contributed by atoms with Crippen molar-refractivity contribution in [3.05, 3.63) is 102 Å². The van der Waals surface area contributed by atoms with Gasteiger partial charge in [-0.1, -0.05) is 54.6 Å². The molecule has 0 aliphatic heterocycles. The second-order valence-electron chi connectivity index (χ2n) is 8.63. The first-order valence-corrected chi connectivity index (χ1v) is 11.7. The average Bonchev–Trinajstić information content (AvgIpc) is 3.29. The second kappa shape index (κ2) is 9.95. The van der Waals surface area contributed by atoms with E-state index in [4.69, 9.17) is 9.97 Å². The van der Waals surface area contributed by atoms with Gasteiger partial charge < -0.3 is 15.3 Å². The van der Waals surface area contributed by atoms with Gasteiger partial charge in [-0.3, -0.25) is 0 Å². The molecule has 0 aliphatic carbocycles. The smallest absolute Gasteiger partial charge is 0.229 e. The Labute approximate surface area is 204 Å². The van der Waals surface area contributed by atoms with E-state index in [9.17, 15) is 5.11 Å². The van der Waals surface area contributed by atoms with Crippen molar-refractivity contribution in [2.24, 2.45) is 0 Å². The standard InChI is InChI=1S/C28H28N6O/c1-20-15-21(2)17-23(16-20)30-26-25-18-29-34(24-11-7-4-8-12-24)27(25)32-28(31-26)33(13-14-35)19-22-9-5-3-6-10-22/h3-12,15-18,35H,13-14,19H2,1-2H3,(H,30,31,32). The zero-order valence-corrected chi connectivity index (χ0v) is 19.9. The van der Waals surface area contributed by atoms with E-state index >= 15 is 0 Å². The molecule has 0 bridgehead atoms. The van der Waals surface area contributed by atoms with Crippen molar-refractivity contribution in [1.29, 1.82) is 0 Å². The van der Waals surface area contributed by atoms with Crippen molar-refractivity contribution in [2.75, 3.05) is 23.4 Å². The minimum Gasteiger partial charge on any atom is -0.395 e. The number of aliphatic hydroxyl groups excluding tert-OH is 1. The monoisotopic (exact) mass is 464 g/mol. The first-order valence-electron chi connectivity index (χ1n) is 11.7. The minimum atomic E-state index is -0.00792. The van der Waals surface area contributed by atoms with Crippen LogP contribution in [0.3, 0.4) is 0 Å². The van der Waals surface area contributed by atoms with Crippen LogP contribution in [0.4, 0.5) is 17.5 Å². The number of aryl methyl sites for hydroxylation is 2. The van der Waals surface area contributed by atoms with Crippen LogP contribution in [-0.4, -0.2) is 38.0 Å². The van der Waals surface area contributed by atoms with Crippen molar-refractivity contribution >= 4 is 28.5 Å². The lowest BCUT2D eigenvalue weighted by Gasteiger charge is -2.23. The van der Waals surface area contributed by atoms with E-state index in [-0.39, 0.29) is 6.61 Å². The maximum atomic E-state index is 9.82. The van der Waals surface area contributed by atoms with Gasteiger partial charge in [0, 0.05) is 18.8 Å². The van der Waals surface area contributed by atoms with Gasteiger partial charge in [0.25, 0.3) is 0 Å². The highest BCUT2D eigenvalue weighted by Crippen LogP contribution is 2.29. The number of hydrogen-bond donors (Lipinski definition) is 2. The molecular formula is C28H28N6O. The van der Waals surface area contributed by atoms with Gasteiger partial charge in [0.1, 0.15) is 5.82 Å². The normalized spacial score (nSPS) is 11.1. The van der Waals surface area contributed by atoms with E-state index in [1.807, 2.05) is 58.1 Å². The van der Waals surface area contributed by atoms with Gasteiger partial charge in [0.15, 0.2) is 5.65 Å². The quantitative estimate of drug-likeness (QED) is 0.330. The number of nitrogens with zero attached hydrogens (tertiary/aromatic N) is 5. The molecule has 0 unspecified atom stereocenters. The number of nitrogens with one attached hydrogen (secondary N) is 1. The number of aromatic nitrogens is 4. The molecule has 176 valence electrons. The largest absolute Gasteiger partial charge is 0.395 e. The molecule has 2 N–H and O–H groups in total. The van der Waals surface area contributed by atoms with Gasteiger partial charge in [-0.2, -0.15) is 15.1 Å². The molecule has 0 aliphatic rings. The Bertz CT molecular complexity index is 1410. The van der Waals surface area contributed by atoms with E-state index in [0.29, 0.717) is 30.5 Å². The summed E-state index contributed by atoms with van der Waals surface area (Å²) < 4.78 is 1.83. The third kappa shape index (κ3) is 5.00. The first-order chi connectivity index (χ1) is 17.1. The molecule has 2 heterocycles. The van der Waals surface area contributed by atoms with Crippen LogP contribution < -0.4 is 10.2 Å². The molecular weight excluding hydrogens is 436 g/mol. The number of hydrogen-bond acceptors (Lipinski definition) is 6. The van der Waals surface area contributed by atoms with Crippen molar-refractivity contribution < 1.29 is 5.11 Å². The van der Waals surface area contributed by atoms with E-state index in [2.05, 4.69) is 54.6 Å². The highest BCUT2D eigenvalue weighted by molar-refractivity contribution is 5.90. The van der Waals surface area contributed by atoms with Gasteiger partial charge in [0.2, 0.25) is 5.95 Å². The van der Waals surface area contributed by atoms with Gasteiger partial charge in [-0.15, -0.1) is 0 Å². The molecule has 2 aromatic heterocycles. The zero-order chi connectivity index (χ0) is 24.2. The molecule has 0 saturated heterocycles. The lowest BCUT2D eigenvalue weighted by Crippen LogP contribution is -2.28. The molecule has 5 rings (SSSR count). The molecule has 0 amide bonds. The number of aliphatic hydroxyl groups is 1. The number of benzene rings is 3. The molecule has 0 spiro atoms. The molecule has 0 radical (unpaired) electrons. The fraction of sp³-hybridized carbons (Fsp3) is 0.179. The SMILES string of the molecule is Cc1cc(C)cc(Nc2nc(N(CCO)Cc3ccccc3)nc3c2cnn3-c2ccccc2)c1. The van der Waals surface area contributed by atoms with E-state index in [0.717, 1.165) is 22.3 Å². The lowest BCUT2D eigenvalue weighted by atomic mass is 10.1. The third-order valence-corrected chi connectivity index (χ3v) is 5.77. The van der Waals surface area contributed by atoms with Crippen LogP contribution in [-0.2, 0) is 6.54 Å². The van der Waals surface area contributed by atoms with E-state index in [1.54, 1.807) is 6.20 Å². The van der Waals surface area contributed by atoms with Gasteiger partial charge in [-0.05, 0) is 54.8 Å². The summed E-state index contributed by atoms with van der Waals surface area (Å²) in [6.07, 6.45) is 1.80. The molecule has 7 heteroatoms. The summed E-state index contributed by atoms with van der Waals surface area (Å²) in [4.78, 5) is 11.8. The molecule has 5 aromatic rings. The van der Waals surface area contributed by atoms with Crippen LogP contribution in [0, 0.1) is 13.8 Å². The van der Waals surface area contributed by atoms with E-state index in [1.165, 1.54) is 11.1 Å². The maximum Gasteiger partial charge on any atom is 0.229 e. The highest BCUT2D eigenvalue weighted by Gasteiger charge is 2.18. The van der Waals surface area contributed by atoms with Crippen LogP contribution in [0.5, 0.6) is 0 Å². The van der Waals surface area contributed by atoms with Crippen LogP contribution in [0.25, 0.3) is 16.7 Å². The highest BCUT2D eigenvalue weighted by atomic mass is 16.3. The molecule has 35 heavy (non-hydrogen) atoms. The van der Waals surface area contributed by atoms with Crippen molar-refractivity contribution in [3.8, 4) is 5.69 Å². The predicted octanol–water partition coefficient (Wildman–Crippen LogP) is 5.17. The van der Waals surface area contributed by atoms with Crippen molar-refractivity contribution in [3.63, 3.8) is 0 Å². The maximum absolute atomic E-state index is 9.82. The first kappa shape index (κ1) is 22.6. The van der Waals surface area contributed by atoms with E-state index < -0.39 is 0 Å². The Morgan fingerprint density at radius 3 is 2.26 bits per heavy atom. The fourth-order valence-electron chi connectivity index (χ4n) is 4.25. The molecule has 0 atom stereocenters. The van der Waals surface area contributed by atoms with Gasteiger partial charge in [-0.25, -0.2) is 4.68 Å². The number of para-hydroxylation sites is 1. The lowest BCUT2D eigenvalue weighted by molar-refractivity contribution is 0.301. The summed E-state index contributed by atoms with van der Waals surface area (Å²) in [6.45, 7) is 5.13. The molecule has 3 aromatic carbocycles. The Balaban J connectivity index is 1.64. The minimum absolute atomic E-state index is 0.00792. The third-order valence-electron chi connectivity index (χ3n) is 5.77. The van der Waals surface area contributed by atoms with Crippen molar-refractivity contribution in [2.45, 2.75) is 20.4 Å². The topological polar surface area (TPSA) is 79.1 Å². The van der Waals surface area contributed by atoms with Crippen LogP contribution >= 0.6 is 0 Å². The molecule has 7 nitrogen and oxygen atoms in total. The molecule has 0 saturated carbocycles. The number of rotatable bonds is 8. The van der Waals surface area contributed by atoms with Crippen LogP contribution in [0.2, 0.25) is 0 Å². The number of fused-ring (bicyclic) bond motifs is 1. The summed E-state index contributed by atoms with van der Waals surface area (Å²) in [6, 6.07) is 26.4. The number of anilines is 3. The van der Waals surface area contributed by atoms with Gasteiger partial charge >= 0.3 is 0 Å². The predicted molar refractivity (Wildman–Crippen MR) is 140 cm³/mol. The zero-order valence-electron chi connectivity index (χ0n) is 19.9. The summed E-state index contributed by atoms with van der Waals surface area (Å²) in [5, 5.41) is 18.8. The summed E-state index contributed by atoms with van der Waals surface area (Å²) in [7, 11) is 0. The van der Waals surface area contributed by atoms with Crippen LogP contribution in [0.1, 0.15) is 16.7 Å².